The van der Waals surface area contributed by atoms with Gasteiger partial charge in [0.1, 0.15) is 11.2 Å². The average Bonchev–Trinajstić information content (AvgIpc) is 2.90. The van der Waals surface area contributed by atoms with Crippen LogP contribution in [0.25, 0.3) is 21.9 Å². The van der Waals surface area contributed by atoms with Gasteiger partial charge in [-0.05, 0) is 44.9 Å². The van der Waals surface area contributed by atoms with E-state index >= 15 is 0 Å². The first-order valence-corrected chi connectivity index (χ1v) is 14.3. The lowest BCUT2D eigenvalue weighted by Crippen LogP contribution is -2.32. The van der Waals surface area contributed by atoms with Crippen molar-refractivity contribution in [1.82, 2.24) is 5.32 Å². The summed E-state index contributed by atoms with van der Waals surface area (Å²) in [4.78, 5) is 12.8. The number of carbonyl (C=O) groups excluding carboxylic acids is 1. The van der Waals surface area contributed by atoms with Gasteiger partial charge in [0.15, 0.2) is 0 Å². The number of fused-ring (bicyclic) bond motifs is 3. The van der Waals surface area contributed by atoms with Crippen molar-refractivity contribution in [2.24, 2.45) is 0 Å². The van der Waals surface area contributed by atoms with Crippen LogP contribution in [0.4, 0.5) is 4.79 Å². The van der Waals surface area contributed by atoms with Crippen LogP contribution in [0.3, 0.4) is 0 Å². The molecule has 1 heterocycles. The lowest BCUT2D eigenvalue weighted by Gasteiger charge is -2.27. The predicted molar refractivity (Wildman–Crippen MR) is 160 cm³/mol. The number of hydrogen-bond acceptors (Lipinski definition) is 3. The van der Waals surface area contributed by atoms with Gasteiger partial charge in [-0.2, -0.15) is 0 Å². The molecule has 0 aliphatic rings. The summed E-state index contributed by atoms with van der Waals surface area (Å²) in [6.07, 6.45) is 0. The summed E-state index contributed by atoms with van der Waals surface area (Å²) in [6.45, 7) is 26.7. The maximum atomic E-state index is 12.8. The van der Waals surface area contributed by atoms with Crippen molar-refractivity contribution in [2.75, 3.05) is 18.8 Å². The molecular weight excluding hydrogens is 479 g/mol. The van der Waals surface area contributed by atoms with Crippen LogP contribution in [-0.2, 0) is 21.7 Å². The fraction of sp³-hybridized carbons (Fsp3) is 0.581. The maximum Gasteiger partial charge on any atom is 0.345 e. The molecule has 3 rings (SSSR count). The molecule has 0 saturated heterocycles. The highest BCUT2D eigenvalue weighted by Crippen LogP contribution is 2.45. The molecule has 0 spiro atoms. The Morgan fingerprint density at radius 1 is 0.676 bits per heavy atom. The van der Waals surface area contributed by atoms with E-state index in [0.29, 0.717) is 0 Å². The topological polar surface area (TPSA) is 58.6 Å². The summed E-state index contributed by atoms with van der Waals surface area (Å²) in [5.41, 5.74) is 5.84. The zero-order chi connectivity index (χ0) is 28.3. The molecule has 0 saturated carbocycles. The number of nitrogens with zero attached hydrogens (tertiary/aromatic N) is 1. The predicted octanol–water partition coefficient (Wildman–Crippen LogP) is 9.39. The third-order valence-electron chi connectivity index (χ3n) is 6.91. The highest BCUT2D eigenvalue weighted by Gasteiger charge is 2.29. The number of urea groups is 1. The van der Waals surface area contributed by atoms with Gasteiger partial charge in [0.25, 0.3) is 0 Å². The van der Waals surface area contributed by atoms with Crippen molar-refractivity contribution in [3.05, 3.63) is 46.5 Å². The molecule has 1 aromatic heterocycles. The van der Waals surface area contributed by atoms with Crippen LogP contribution in [0.15, 0.2) is 32.7 Å². The van der Waals surface area contributed by atoms with E-state index in [-0.39, 0.29) is 27.7 Å². The van der Waals surface area contributed by atoms with E-state index in [1.165, 1.54) is 11.1 Å². The third kappa shape index (κ3) is 5.87. The van der Waals surface area contributed by atoms with E-state index in [2.05, 4.69) is 113 Å². The first kappa shape index (κ1) is 29.2. The summed E-state index contributed by atoms with van der Waals surface area (Å²) in [5, 5.41) is 4.78. The maximum absolute atomic E-state index is 12.8. The summed E-state index contributed by atoms with van der Waals surface area (Å²) in [5.74, 6) is 0. The molecule has 0 unspecified atom stereocenters. The van der Waals surface area contributed by atoms with E-state index in [0.717, 1.165) is 33.1 Å². The van der Waals surface area contributed by atoms with Gasteiger partial charge in [0.2, 0.25) is 0 Å². The second kappa shape index (κ2) is 9.42. The molecule has 0 fully saturated rings. The number of hydrogen-bond donors (Lipinski definition) is 1. The number of rotatable bonds is 1. The molecule has 2 amide bonds. The van der Waals surface area contributed by atoms with Crippen molar-refractivity contribution in [2.45, 2.75) is 105 Å². The van der Waals surface area contributed by atoms with Crippen molar-refractivity contribution in [3.8, 4) is 0 Å². The number of amides is 2. The van der Waals surface area contributed by atoms with Gasteiger partial charge in [-0.1, -0.05) is 95.2 Å². The molecule has 204 valence electrons. The fourth-order valence-corrected chi connectivity index (χ4v) is 5.60. The second-order valence-corrected chi connectivity index (χ2v) is 15.7. The van der Waals surface area contributed by atoms with E-state index in [1.54, 1.807) is 18.8 Å². The van der Waals surface area contributed by atoms with E-state index < -0.39 is 8.16 Å². The van der Waals surface area contributed by atoms with E-state index in [1.807, 2.05) is 0 Å². The van der Waals surface area contributed by atoms with Crippen LogP contribution < -0.4 is 9.99 Å². The normalized spacial score (nSPS) is 13.2. The Labute approximate surface area is 224 Å². The highest BCUT2D eigenvalue weighted by molar-refractivity contribution is 7.40. The Bertz CT molecular complexity index is 1280. The Balaban J connectivity index is 2.79. The number of carbonyl (C=O) groups is 1. The highest BCUT2D eigenvalue weighted by atomic mass is 31.1. The first-order chi connectivity index (χ1) is 16.7. The van der Waals surface area contributed by atoms with Crippen LogP contribution in [0.2, 0.25) is 0 Å². The summed E-state index contributed by atoms with van der Waals surface area (Å²) in [7, 11) is 1.60. The number of nitrogens with one attached hydrogen (secondary N) is 1. The zero-order valence-electron chi connectivity index (χ0n) is 25.4. The molecule has 3 aromatic rings. The monoisotopic (exact) mass is 526 g/mol. The zero-order valence-corrected chi connectivity index (χ0v) is 26.3. The first-order valence-electron chi connectivity index (χ1n) is 13.2. The second-order valence-electron chi connectivity index (χ2n) is 14.3. The van der Waals surface area contributed by atoms with Gasteiger partial charge in [-0.15, -0.1) is 0 Å². The molecule has 0 aliphatic carbocycles. The molecule has 6 heteroatoms. The largest absolute Gasteiger partial charge is 0.403 e. The van der Waals surface area contributed by atoms with Crippen LogP contribution >= 0.6 is 8.16 Å². The van der Waals surface area contributed by atoms with Crippen molar-refractivity contribution in [3.63, 3.8) is 0 Å². The molecule has 1 N–H and O–H groups in total. The minimum atomic E-state index is -1.76. The summed E-state index contributed by atoms with van der Waals surface area (Å²) < 4.78 is 15.0. The lowest BCUT2D eigenvalue weighted by molar-refractivity contribution is 0.250. The Morgan fingerprint density at radius 2 is 1.03 bits per heavy atom. The number of benzene rings is 2. The van der Waals surface area contributed by atoms with Crippen LogP contribution in [-0.4, -0.2) is 20.1 Å². The van der Waals surface area contributed by atoms with Crippen LogP contribution in [0.5, 0.6) is 0 Å². The molecule has 37 heavy (non-hydrogen) atoms. The van der Waals surface area contributed by atoms with Crippen LogP contribution in [0.1, 0.15) is 105 Å². The SMILES string of the molecule is CNC(=O)N(C)p1oc2c(C(C)(C)C)cc(C(C)(C)C)cc2c2cc(C(C)(C)C)cc(C(C)(C)C)c2o1. The standard InChI is InChI=1S/C31H47N2O3P/c1-28(2,3)19-15-21-22-16-20(29(4,5)6)18-24(31(10,11)12)26(22)36-37(33(14)27(34)32-13)35-25(21)23(17-19)30(7,8)9/h15-18H,1-14H3,(H,32,34). The molecule has 5 nitrogen and oxygen atoms in total. The minimum absolute atomic E-state index is 0.0551. The van der Waals surface area contributed by atoms with Gasteiger partial charge in [-0.3, -0.25) is 0 Å². The molecule has 2 aromatic carbocycles. The minimum Gasteiger partial charge on any atom is -0.403 e. The van der Waals surface area contributed by atoms with Gasteiger partial charge in [0.05, 0.1) is 0 Å². The van der Waals surface area contributed by atoms with Crippen molar-refractivity contribution in [1.29, 1.82) is 0 Å². The lowest BCUT2D eigenvalue weighted by atomic mass is 9.77. The van der Waals surface area contributed by atoms with Gasteiger partial charge >= 0.3 is 14.2 Å². The van der Waals surface area contributed by atoms with E-state index in [9.17, 15) is 4.79 Å². The van der Waals surface area contributed by atoms with Crippen LogP contribution in [0, 0.1) is 0 Å². The Kier molecular flexibility index (Phi) is 7.42. The Morgan fingerprint density at radius 3 is 1.30 bits per heavy atom. The summed E-state index contributed by atoms with van der Waals surface area (Å²) in [6, 6.07) is 8.84. The quantitative estimate of drug-likeness (QED) is 0.344. The summed E-state index contributed by atoms with van der Waals surface area (Å²) >= 11 is 0. The third-order valence-corrected chi connectivity index (χ3v) is 8.26. The smallest absolute Gasteiger partial charge is 0.345 e. The van der Waals surface area contributed by atoms with Crippen molar-refractivity contribution >= 4 is 36.1 Å². The molecule has 0 atom stereocenters. The van der Waals surface area contributed by atoms with Gasteiger partial charge in [0, 0.05) is 36.0 Å². The molecule has 0 aliphatic heterocycles. The Hall–Kier alpha value is -2.39. The van der Waals surface area contributed by atoms with Crippen molar-refractivity contribution < 1.29 is 13.2 Å². The van der Waals surface area contributed by atoms with Gasteiger partial charge < -0.3 is 13.7 Å². The van der Waals surface area contributed by atoms with Gasteiger partial charge in [-0.25, -0.2) is 9.46 Å². The fourth-order valence-electron chi connectivity index (χ4n) is 4.37. The molecule has 0 bridgehead atoms. The average molecular weight is 527 g/mol. The van der Waals surface area contributed by atoms with E-state index in [4.69, 9.17) is 8.39 Å². The molecular formula is C31H47N2O3P. The molecule has 0 radical (unpaired) electrons.